The van der Waals surface area contributed by atoms with Crippen molar-refractivity contribution in [1.82, 2.24) is 0 Å². The van der Waals surface area contributed by atoms with E-state index in [9.17, 15) is 9.18 Å². The van der Waals surface area contributed by atoms with E-state index in [1.54, 1.807) is 24.3 Å². The van der Waals surface area contributed by atoms with Gasteiger partial charge in [-0.2, -0.15) is 0 Å². The van der Waals surface area contributed by atoms with Crippen LogP contribution in [0.5, 0.6) is 0 Å². The van der Waals surface area contributed by atoms with Crippen LogP contribution in [0.4, 0.5) is 10.1 Å². The minimum absolute atomic E-state index is 0.195. The van der Waals surface area contributed by atoms with Crippen molar-refractivity contribution in [2.45, 2.75) is 6.42 Å². The Morgan fingerprint density at radius 2 is 2.06 bits per heavy atom. The van der Waals surface area contributed by atoms with Crippen LogP contribution in [0.3, 0.4) is 0 Å². The van der Waals surface area contributed by atoms with Crippen LogP contribution in [0.2, 0.25) is 4.34 Å². The number of carbonyl (C=O) groups excluding carboxylic acids is 1. The number of anilines is 1. The van der Waals surface area contributed by atoms with Gasteiger partial charge in [-0.25, -0.2) is 4.39 Å². The number of carbonyl (C=O) groups is 1. The highest BCUT2D eigenvalue weighted by atomic mass is 35.5. The molecule has 0 spiro atoms. The summed E-state index contributed by atoms with van der Waals surface area (Å²) in [7, 11) is 0. The maximum atomic E-state index is 13.3. The Hall–Kier alpha value is -1.39. The first-order valence-electron chi connectivity index (χ1n) is 4.94. The lowest BCUT2D eigenvalue weighted by Crippen LogP contribution is -2.14. The van der Waals surface area contributed by atoms with Crippen LogP contribution in [-0.2, 0) is 11.2 Å². The van der Waals surface area contributed by atoms with Crippen LogP contribution in [0.1, 0.15) is 4.88 Å². The van der Waals surface area contributed by atoms with Gasteiger partial charge in [0, 0.05) is 4.88 Å². The van der Waals surface area contributed by atoms with Crippen molar-refractivity contribution in [3.63, 3.8) is 0 Å². The van der Waals surface area contributed by atoms with E-state index in [0.29, 0.717) is 4.34 Å². The molecule has 2 aromatic rings. The van der Waals surface area contributed by atoms with Gasteiger partial charge in [-0.1, -0.05) is 23.7 Å². The summed E-state index contributed by atoms with van der Waals surface area (Å²) in [5.74, 6) is -0.696. The number of para-hydroxylation sites is 1. The van der Waals surface area contributed by atoms with Crippen LogP contribution in [0.15, 0.2) is 36.4 Å². The van der Waals surface area contributed by atoms with E-state index in [1.807, 2.05) is 0 Å². The first-order chi connectivity index (χ1) is 8.15. The Morgan fingerprint density at radius 1 is 1.29 bits per heavy atom. The number of nitrogens with one attached hydrogen (secondary N) is 1. The average molecular weight is 270 g/mol. The summed E-state index contributed by atoms with van der Waals surface area (Å²) in [5.41, 5.74) is 0.195. The topological polar surface area (TPSA) is 29.1 Å². The van der Waals surface area contributed by atoms with Crippen molar-refractivity contribution in [2.24, 2.45) is 0 Å². The first-order valence-corrected chi connectivity index (χ1v) is 6.13. The largest absolute Gasteiger partial charge is 0.323 e. The van der Waals surface area contributed by atoms with Gasteiger partial charge >= 0.3 is 0 Å². The van der Waals surface area contributed by atoms with Gasteiger partial charge < -0.3 is 5.32 Å². The van der Waals surface area contributed by atoms with Crippen molar-refractivity contribution in [3.8, 4) is 0 Å². The first kappa shape index (κ1) is 12.1. The minimum atomic E-state index is -0.440. The number of benzene rings is 1. The standard InChI is InChI=1S/C12H9ClFNOS/c13-11-6-5-8(17-11)7-12(16)15-10-4-2-1-3-9(10)14/h1-6H,7H2,(H,15,16). The third kappa shape index (κ3) is 3.28. The van der Waals surface area contributed by atoms with Gasteiger partial charge in [-0.15, -0.1) is 11.3 Å². The molecule has 1 aromatic heterocycles. The Morgan fingerprint density at radius 3 is 2.71 bits per heavy atom. The Kier molecular flexibility index (Phi) is 3.76. The lowest BCUT2D eigenvalue weighted by molar-refractivity contribution is -0.115. The quantitative estimate of drug-likeness (QED) is 0.904. The zero-order valence-corrected chi connectivity index (χ0v) is 10.3. The fourth-order valence-electron chi connectivity index (χ4n) is 1.36. The number of amides is 1. The SMILES string of the molecule is O=C(Cc1ccc(Cl)s1)Nc1ccccc1F. The van der Waals surface area contributed by atoms with E-state index < -0.39 is 5.82 Å². The van der Waals surface area contributed by atoms with Crippen molar-refractivity contribution < 1.29 is 9.18 Å². The van der Waals surface area contributed by atoms with E-state index in [2.05, 4.69) is 5.32 Å². The number of rotatable bonds is 3. The highest BCUT2D eigenvalue weighted by Gasteiger charge is 2.08. The zero-order chi connectivity index (χ0) is 12.3. The Bertz CT molecular complexity index is 541. The monoisotopic (exact) mass is 269 g/mol. The molecule has 1 N–H and O–H groups in total. The van der Waals surface area contributed by atoms with E-state index in [0.717, 1.165) is 4.88 Å². The second-order valence-electron chi connectivity index (χ2n) is 3.41. The predicted octanol–water partition coefficient (Wildman–Crippen LogP) is 3.72. The fourth-order valence-corrected chi connectivity index (χ4v) is 2.45. The highest BCUT2D eigenvalue weighted by Crippen LogP contribution is 2.22. The summed E-state index contributed by atoms with van der Waals surface area (Å²) < 4.78 is 13.9. The van der Waals surface area contributed by atoms with Crippen LogP contribution in [0, 0.1) is 5.82 Å². The number of hydrogen-bond donors (Lipinski definition) is 1. The third-order valence-corrected chi connectivity index (χ3v) is 3.34. The minimum Gasteiger partial charge on any atom is -0.323 e. The van der Waals surface area contributed by atoms with E-state index in [-0.39, 0.29) is 18.0 Å². The molecule has 2 nitrogen and oxygen atoms in total. The third-order valence-electron chi connectivity index (χ3n) is 2.11. The van der Waals surface area contributed by atoms with Gasteiger partial charge in [0.25, 0.3) is 0 Å². The molecule has 17 heavy (non-hydrogen) atoms. The molecule has 0 aliphatic carbocycles. The van der Waals surface area contributed by atoms with Gasteiger partial charge in [0.15, 0.2) is 0 Å². The molecule has 88 valence electrons. The smallest absolute Gasteiger partial charge is 0.229 e. The number of hydrogen-bond acceptors (Lipinski definition) is 2. The molecule has 5 heteroatoms. The summed E-state index contributed by atoms with van der Waals surface area (Å²) in [6.45, 7) is 0. The summed E-state index contributed by atoms with van der Waals surface area (Å²) in [6, 6.07) is 9.59. The molecule has 0 aliphatic rings. The van der Waals surface area contributed by atoms with Gasteiger partial charge in [0.1, 0.15) is 5.82 Å². The predicted molar refractivity (Wildman–Crippen MR) is 68.1 cm³/mol. The molecule has 1 amide bonds. The maximum absolute atomic E-state index is 13.3. The summed E-state index contributed by atoms with van der Waals surface area (Å²) in [6.07, 6.45) is 0.200. The normalized spacial score (nSPS) is 10.2. The highest BCUT2D eigenvalue weighted by molar-refractivity contribution is 7.16. The van der Waals surface area contributed by atoms with Crippen molar-refractivity contribution >= 4 is 34.5 Å². The van der Waals surface area contributed by atoms with Crippen LogP contribution in [0.25, 0.3) is 0 Å². The van der Waals surface area contributed by atoms with Crippen LogP contribution in [-0.4, -0.2) is 5.91 Å². The lowest BCUT2D eigenvalue weighted by Gasteiger charge is -2.04. The molecule has 1 heterocycles. The summed E-state index contributed by atoms with van der Waals surface area (Å²) in [5, 5.41) is 2.52. The number of halogens is 2. The van der Waals surface area contributed by atoms with E-state index >= 15 is 0 Å². The molecular formula is C12H9ClFNOS. The molecule has 0 fully saturated rings. The molecule has 0 bridgehead atoms. The maximum Gasteiger partial charge on any atom is 0.229 e. The molecule has 1 aromatic carbocycles. The number of thiophene rings is 1. The van der Waals surface area contributed by atoms with Gasteiger partial charge in [-0.05, 0) is 24.3 Å². The molecule has 0 atom stereocenters. The molecule has 0 aliphatic heterocycles. The summed E-state index contributed by atoms with van der Waals surface area (Å²) in [4.78, 5) is 12.5. The fraction of sp³-hybridized carbons (Fsp3) is 0.0833. The van der Waals surface area contributed by atoms with Gasteiger partial charge in [-0.3, -0.25) is 4.79 Å². The average Bonchev–Trinajstić information content (AvgIpc) is 2.67. The van der Waals surface area contributed by atoms with Gasteiger partial charge in [0.2, 0.25) is 5.91 Å². The molecule has 0 unspecified atom stereocenters. The summed E-state index contributed by atoms with van der Waals surface area (Å²) >= 11 is 7.10. The molecule has 0 saturated heterocycles. The Balaban J connectivity index is 2.01. The van der Waals surface area contributed by atoms with E-state index in [1.165, 1.54) is 23.5 Å². The lowest BCUT2D eigenvalue weighted by atomic mass is 10.3. The second kappa shape index (κ2) is 5.29. The van der Waals surface area contributed by atoms with Crippen molar-refractivity contribution in [3.05, 3.63) is 51.4 Å². The molecule has 0 saturated carbocycles. The van der Waals surface area contributed by atoms with Gasteiger partial charge in [0.05, 0.1) is 16.4 Å². The van der Waals surface area contributed by atoms with Crippen molar-refractivity contribution in [1.29, 1.82) is 0 Å². The molecule has 2 rings (SSSR count). The zero-order valence-electron chi connectivity index (χ0n) is 8.74. The molecular weight excluding hydrogens is 261 g/mol. The Labute approximate surface area is 107 Å². The van der Waals surface area contributed by atoms with E-state index in [4.69, 9.17) is 11.6 Å². The van der Waals surface area contributed by atoms with Crippen LogP contribution < -0.4 is 5.32 Å². The molecule has 0 radical (unpaired) electrons. The van der Waals surface area contributed by atoms with Crippen molar-refractivity contribution in [2.75, 3.05) is 5.32 Å². The second-order valence-corrected chi connectivity index (χ2v) is 5.21. The van der Waals surface area contributed by atoms with Crippen LogP contribution >= 0.6 is 22.9 Å².